The normalized spacial score (nSPS) is 12.7. The number of alkyl halides is 3. The minimum absolute atomic E-state index is 0.0774. The molecule has 31 heavy (non-hydrogen) atoms. The summed E-state index contributed by atoms with van der Waals surface area (Å²) in [5.41, 5.74) is -1.33. The van der Waals surface area contributed by atoms with Crippen LogP contribution >= 0.6 is 0 Å². The molecule has 170 valence electrons. The van der Waals surface area contributed by atoms with Gasteiger partial charge in [0.1, 0.15) is 11.4 Å². The van der Waals surface area contributed by atoms with Gasteiger partial charge in [-0.1, -0.05) is 24.3 Å². The Balaban J connectivity index is 1.99. The minimum Gasteiger partial charge on any atom is -0.473 e. The van der Waals surface area contributed by atoms with Crippen LogP contribution in [0.15, 0.2) is 54.6 Å². The van der Waals surface area contributed by atoms with E-state index < -0.39 is 29.5 Å². The van der Waals surface area contributed by atoms with Gasteiger partial charge in [-0.3, -0.25) is 4.90 Å². The number of ether oxygens (including phenoxy) is 2. The SMILES string of the molecule is CC(C)(C)OC(=O)N(COc1ccccc1)CC(O)CNc1cccc(C(F)(F)F)c1. The maximum absolute atomic E-state index is 12.8. The fourth-order valence-corrected chi connectivity index (χ4v) is 2.54. The van der Waals surface area contributed by atoms with E-state index in [9.17, 15) is 23.1 Å². The van der Waals surface area contributed by atoms with Gasteiger partial charge in [0, 0.05) is 12.2 Å². The van der Waals surface area contributed by atoms with Gasteiger partial charge in [-0.05, 0) is 51.1 Å². The number of amides is 1. The summed E-state index contributed by atoms with van der Waals surface area (Å²) in [5.74, 6) is 0.535. The molecule has 1 amide bonds. The van der Waals surface area contributed by atoms with Crippen LogP contribution < -0.4 is 10.1 Å². The first-order chi connectivity index (χ1) is 14.4. The number of aliphatic hydroxyl groups is 1. The highest BCUT2D eigenvalue weighted by atomic mass is 19.4. The van der Waals surface area contributed by atoms with Crippen LogP contribution in [0.5, 0.6) is 5.75 Å². The van der Waals surface area contributed by atoms with Gasteiger partial charge in [-0.15, -0.1) is 0 Å². The number of carbonyl (C=O) groups excluding carboxylic acids is 1. The highest BCUT2D eigenvalue weighted by molar-refractivity contribution is 5.68. The molecule has 0 aliphatic rings. The van der Waals surface area contributed by atoms with Crippen LogP contribution in [0.25, 0.3) is 0 Å². The average molecular weight is 440 g/mol. The first-order valence-electron chi connectivity index (χ1n) is 9.69. The van der Waals surface area contributed by atoms with E-state index in [4.69, 9.17) is 9.47 Å². The number of benzene rings is 2. The van der Waals surface area contributed by atoms with E-state index in [1.807, 2.05) is 6.07 Å². The fraction of sp³-hybridized carbons (Fsp3) is 0.409. The summed E-state index contributed by atoms with van der Waals surface area (Å²) in [7, 11) is 0. The van der Waals surface area contributed by atoms with Crippen molar-refractivity contribution >= 4 is 11.8 Å². The quantitative estimate of drug-likeness (QED) is 0.580. The summed E-state index contributed by atoms with van der Waals surface area (Å²) in [6.45, 7) is 4.76. The molecule has 0 aliphatic carbocycles. The van der Waals surface area contributed by atoms with Crippen molar-refractivity contribution in [2.24, 2.45) is 0 Å². The largest absolute Gasteiger partial charge is 0.473 e. The van der Waals surface area contributed by atoms with E-state index in [0.29, 0.717) is 5.75 Å². The number of nitrogens with one attached hydrogen (secondary N) is 1. The fourth-order valence-electron chi connectivity index (χ4n) is 2.54. The lowest BCUT2D eigenvalue weighted by Gasteiger charge is -2.29. The van der Waals surface area contributed by atoms with Crippen LogP contribution in [0.4, 0.5) is 23.7 Å². The maximum Gasteiger partial charge on any atom is 0.416 e. The van der Waals surface area contributed by atoms with Crippen LogP contribution in [0.2, 0.25) is 0 Å². The molecule has 0 fully saturated rings. The van der Waals surface area contributed by atoms with Crippen LogP contribution in [-0.2, 0) is 10.9 Å². The lowest BCUT2D eigenvalue weighted by Crippen LogP contribution is -2.44. The molecule has 2 aromatic rings. The Hall–Kier alpha value is -2.94. The van der Waals surface area contributed by atoms with Crippen molar-refractivity contribution in [2.75, 3.05) is 25.1 Å². The summed E-state index contributed by atoms with van der Waals surface area (Å²) < 4.78 is 49.5. The van der Waals surface area contributed by atoms with E-state index in [2.05, 4.69) is 5.32 Å². The lowest BCUT2D eigenvalue weighted by atomic mass is 10.2. The first kappa shape index (κ1) is 24.3. The van der Waals surface area contributed by atoms with Gasteiger partial charge in [0.2, 0.25) is 0 Å². The second kappa shape index (κ2) is 10.4. The molecular formula is C22H27F3N2O4. The number of nitrogens with zero attached hydrogens (tertiary/aromatic N) is 1. The third-order valence-electron chi connectivity index (χ3n) is 3.94. The van der Waals surface area contributed by atoms with Crippen molar-refractivity contribution in [3.63, 3.8) is 0 Å². The van der Waals surface area contributed by atoms with Gasteiger partial charge in [-0.25, -0.2) is 4.79 Å². The molecule has 6 nitrogen and oxygen atoms in total. The number of halogens is 3. The van der Waals surface area contributed by atoms with E-state index in [-0.39, 0.29) is 25.5 Å². The number of para-hydroxylation sites is 1. The highest BCUT2D eigenvalue weighted by Gasteiger charge is 2.30. The van der Waals surface area contributed by atoms with Gasteiger partial charge in [0.15, 0.2) is 6.73 Å². The van der Waals surface area contributed by atoms with Gasteiger partial charge in [0.05, 0.1) is 18.2 Å². The Morgan fingerprint density at radius 3 is 2.39 bits per heavy atom. The molecule has 0 aromatic heterocycles. The third-order valence-corrected chi connectivity index (χ3v) is 3.94. The van der Waals surface area contributed by atoms with Crippen LogP contribution in [-0.4, -0.2) is 47.6 Å². The third kappa shape index (κ3) is 8.75. The molecule has 0 heterocycles. The summed E-state index contributed by atoms with van der Waals surface area (Å²) in [6.07, 6.45) is -6.22. The van der Waals surface area contributed by atoms with E-state index in [1.54, 1.807) is 45.0 Å². The Labute approximate surface area is 179 Å². The zero-order valence-corrected chi connectivity index (χ0v) is 17.6. The highest BCUT2D eigenvalue weighted by Crippen LogP contribution is 2.30. The zero-order chi connectivity index (χ0) is 23.1. The molecule has 2 N–H and O–H groups in total. The van der Waals surface area contributed by atoms with Crippen LogP contribution in [0, 0.1) is 0 Å². The summed E-state index contributed by atoms with van der Waals surface area (Å²) in [4.78, 5) is 13.7. The number of hydrogen-bond acceptors (Lipinski definition) is 5. The van der Waals surface area contributed by atoms with Crippen molar-refractivity contribution in [1.82, 2.24) is 4.90 Å². The number of carbonyl (C=O) groups is 1. The average Bonchev–Trinajstić information content (AvgIpc) is 2.68. The van der Waals surface area contributed by atoms with Crippen LogP contribution in [0.3, 0.4) is 0 Å². The molecule has 0 radical (unpaired) electrons. The molecule has 0 saturated heterocycles. The number of hydrogen-bond donors (Lipinski definition) is 2. The predicted molar refractivity (Wildman–Crippen MR) is 111 cm³/mol. The van der Waals surface area contributed by atoms with Gasteiger partial charge >= 0.3 is 12.3 Å². The second-order valence-electron chi connectivity index (χ2n) is 7.90. The molecule has 0 aliphatic heterocycles. The zero-order valence-electron chi connectivity index (χ0n) is 17.6. The standard InChI is InChI=1S/C22H27F3N2O4/c1-21(2,3)31-20(29)27(15-30-19-10-5-4-6-11-19)14-18(28)13-26-17-9-7-8-16(12-17)22(23,24)25/h4-12,18,26,28H,13-15H2,1-3H3. The molecule has 2 aromatic carbocycles. The first-order valence-corrected chi connectivity index (χ1v) is 9.69. The topological polar surface area (TPSA) is 71.0 Å². The minimum atomic E-state index is -4.46. The monoisotopic (exact) mass is 440 g/mol. The van der Waals surface area contributed by atoms with Gasteiger partial charge in [-0.2, -0.15) is 13.2 Å². The molecule has 9 heteroatoms. The van der Waals surface area contributed by atoms with Crippen molar-refractivity contribution in [3.05, 3.63) is 60.2 Å². The number of anilines is 1. The van der Waals surface area contributed by atoms with Crippen molar-refractivity contribution in [3.8, 4) is 5.75 Å². The smallest absolute Gasteiger partial charge is 0.416 e. The van der Waals surface area contributed by atoms with E-state index in [1.165, 1.54) is 17.0 Å². The van der Waals surface area contributed by atoms with Gasteiger partial charge < -0.3 is 19.9 Å². The summed E-state index contributed by atoms with van der Waals surface area (Å²) in [6, 6.07) is 13.5. The molecule has 0 saturated carbocycles. The lowest BCUT2D eigenvalue weighted by molar-refractivity contribution is -0.137. The number of rotatable bonds is 8. The molecule has 1 unspecified atom stereocenters. The Morgan fingerprint density at radius 2 is 1.77 bits per heavy atom. The Morgan fingerprint density at radius 1 is 1.10 bits per heavy atom. The number of aliphatic hydroxyl groups excluding tert-OH is 1. The molecular weight excluding hydrogens is 413 g/mol. The van der Waals surface area contributed by atoms with E-state index in [0.717, 1.165) is 12.1 Å². The predicted octanol–water partition coefficient (Wildman–Crippen LogP) is 4.75. The van der Waals surface area contributed by atoms with E-state index >= 15 is 0 Å². The molecule has 2 rings (SSSR count). The maximum atomic E-state index is 12.8. The van der Waals surface area contributed by atoms with Crippen LogP contribution in [0.1, 0.15) is 26.3 Å². The van der Waals surface area contributed by atoms with Crippen molar-refractivity contribution < 1.29 is 32.5 Å². The second-order valence-corrected chi connectivity index (χ2v) is 7.90. The molecule has 1 atom stereocenters. The Kier molecular flexibility index (Phi) is 8.15. The van der Waals surface area contributed by atoms with Crippen molar-refractivity contribution in [2.45, 2.75) is 38.7 Å². The molecule has 0 bridgehead atoms. The summed E-state index contributed by atoms with van der Waals surface area (Å²) >= 11 is 0. The van der Waals surface area contributed by atoms with Gasteiger partial charge in [0.25, 0.3) is 0 Å². The Bertz CT molecular complexity index is 839. The molecule has 0 spiro atoms. The summed E-state index contributed by atoms with van der Waals surface area (Å²) in [5, 5.41) is 13.1. The van der Waals surface area contributed by atoms with Crippen molar-refractivity contribution in [1.29, 1.82) is 0 Å².